The second kappa shape index (κ2) is 50.1. The van der Waals surface area contributed by atoms with Crippen molar-refractivity contribution in [2.45, 2.75) is 336 Å². The Bertz CT molecular complexity index is 1820. The van der Waals surface area contributed by atoms with Gasteiger partial charge in [0, 0.05) is 6.42 Å². The lowest BCUT2D eigenvalue weighted by molar-refractivity contribution is -0.379. The minimum atomic E-state index is -1.98. The fourth-order valence-corrected chi connectivity index (χ4v) is 11.2. The van der Waals surface area contributed by atoms with Crippen molar-refractivity contribution in [3.05, 3.63) is 60.8 Å². The first-order valence-corrected chi connectivity index (χ1v) is 34.0. The molecule has 19 heteroatoms. The molecule has 506 valence electrons. The van der Waals surface area contributed by atoms with Crippen LogP contribution in [-0.4, -0.2) is 193 Å². The van der Waals surface area contributed by atoms with Crippen LogP contribution < -0.4 is 5.32 Å². The Morgan fingerprint density at radius 1 is 0.414 bits per heavy atom. The first-order chi connectivity index (χ1) is 42.3. The van der Waals surface area contributed by atoms with Crippen molar-refractivity contribution in [1.82, 2.24) is 5.32 Å². The molecule has 0 saturated carbocycles. The third kappa shape index (κ3) is 32.6. The van der Waals surface area contributed by atoms with Crippen LogP contribution in [0.5, 0.6) is 0 Å². The number of ether oxygens (including phenoxy) is 6. The number of hydrogen-bond donors (Lipinski definition) is 12. The van der Waals surface area contributed by atoms with Gasteiger partial charge in [-0.15, -0.1) is 0 Å². The van der Waals surface area contributed by atoms with Gasteiger partial charge >= 0.3 is 0 Å². The molecule has 1 amide bonds. The van der Waals surface area contributed by atoms with Crippen molar-refractivity contribution >= 4 is 5.91 Å². The Hall–Kier alpha value is -2.51. The third-order valence-corrected chi connectivity index (χ3v) is 16.8. The van der Waals surface area contributed by atoms with Crippen LogP contribution in [0.3, 0.4) is 0 Å². The van der Waals surface area contributed by atoms with Gasteiger partial charge in [0.25, 0.3) is 0 Å². The molecule has 3 aliphatic rings. The maximum absolute atomic E-state index is 13.4. The number of allylic oxidation sites excluding steroid dienone is 9. The summed E-state index contributed by atoms with van der Waals surface area (Å²) >= 11 is 0. The summed E-state index contributed by atoms with van der Waals surface area (Å²) in [6.07, 6.45) is 33.4. The zero-order chi connectivity index (χ0) is 63.3. The number of aliphatic hydroxyl groups excluding tert-OH is 11. The van der Waals surface area contributed by atoms with E-state index in [2.05, 4.69) is 67.8 Å². The quantitative estimate of drug-likeness (QED) is 0.0201. The first-order valence-electron chi connectivity index (χ1n) is 34.0. The Labute approximate surface area is 522 Å². The van der Waals surface area contributed by atoms with E-state index >= 15 is 0 Å². The predicted molar refractivity (Wildman–Crippen MR) is 337 cm³/mol. The van der Waals surface area contributed by atoms with Gasteiger partial charge in [-0.1, -0.05) is 209 Å². The second-order valence-electron chi connectivity index (χ2n) is 24.3. The number of amides is 1. The highest BCUT2D eigenvalue weighted by atomic mass is 16.8. The molecule has 87 heavy (non-hydrogen) atoms. The molecule has 0 aliphatic carbocycles. The van der Waals surface area contributed by atoms with Crippen LogP contribution in [0.1, 0.15) is 232 Å². The summed E-state index contributed by atoms with van der Waals surface area (Å²) in [6.45, 7) is 1.68. The van der Waals surface area contributed by atoms with Crippen molar-refractivity contribution in [2.24, 2.45) is 0 Å². The molecule has 0 radical (unpaired) electrons. The van der Waals surface area contributed by atoms with Crippen LogP contribution in [0.25, 0.3) is 0 Å². The molecule has 3 aliphatic heterocycles. The van der Waals surface area contributed by atoms with Crippen LogP contribution in [0.4, 0.5) is 0 Å². The monoisotopic (exact) mass is 1240 g/mol. The normalized spacial score (nSPS) is 29.0. The van der Waals surface area contributed by atoms with Gasteiger partial charge in [0.1, 0.15) is 73.2 Å². The van der Waals surface area contributed by atoms with Gasteiger partial charge in [0.05, 0.1) is 38.6 Å². The predicted octanol–water partition coefficient (Wildman–Crippen LogP) is 8.38. The van der Waals surface area contributed by atoms with E-state index in [1.165, 1.54) is 135 Å². The van der Waals surface area contributed by atoms with Crippen molar-refractivity contribution in [3.63, 3.8) is 0 Å². The lowest BCUT2D eigenvalue weighted by Crippen LogP contribution is -2.66. The molecule has 0 aromatic heterocycles. The third-order valence-electron chi connectivity index (χ3n) is 16.8. The lowest BCUT2D eigenvalue weighted by atomic mass is 9.96. The zero-order valence-electron chi connectivity index (χ0n) is 53.2. The number of nitrogens with one attached hydrogen (secondary N) is 1. The molecule has 3 rings (SSSR count). The van der Waals surface area contributed by atoms with E-state index < -0.39 is 124 Å². The van der Waals surface area contributed by atoms with E-state index in [9.17, 15) is 61.0 Å². The molecular weight excluding hydrogens is 1120 g/mol. The Kier molecular flexibility index (Phi) is 45.3. The largest absolute Gasteiger partial charge is 0.394 e. The lowest BCUT2D eigenvalue weighted by Gasteiger charge is -2.48. The van der Waals surface area contributed by atoms with Gasteiger partial charge in [-0.2, -0.15) is 0 Å². The van der Waals surface area contributed by atoms with Gasteiger partial charge < -0.3 is 89.9 Å². The Morgan fingerprint density at radius 2 is 0.770 bits per heavy atom. The summed E-state index contributed by atoms with van der Waals surface area (Å²) in [7, 11) is 0. The first kappa shape index (κ1) is 78.7. The summed E-state index contributed by atoms with van der Waals surface area (Å²) in [5.41, 5.74) is 0. The van der Waals surface area contributed by atoms with Gasteiger partial charge in [0.15, 0.2) is 18.9 Å². The molecule has 0 bridgehead atoms. The smallest absolute Gasteiger partial charge is 0.220 e. The average Bonchev–Trinajstić information content (AvgIpc) is 2.87. The van der Waals surface area contributed by atoms with Gasteiger partial charge in [-0.25, -0.2) is 0 Å². The fraction of sp³-hybridized carbons (Fsp3) is 0.838. The van der Waals surface area contributed by atoms with E-state index in [-0.39, 0.29) is 18.9 Å². The topological polar surface area (TPSA) is 307 Å². The minimum absolute atomic E-state index is 0.225. The molecule has 0 spiro atoms. The highest BCUT2D eigenvalue weighted by Crippen LogP contribution is 2.33. The number of unbranched alkanes of at least 4 members (excludes halogenated alkanes) is 27. The van der Waals surface area contributed by atoms with Crippen LogP contribution in [-0.2, 0) is 33.2 Å². The molecule has 17 atom stereocenters. The van der Waals surface area contributed by atoms with Gasteiger partial charge in [0.2, 0.25) is 5.91 Å². The zero-order valence-corrected chi connectivity index (χ0v) is 53.2. The summed E-state index contributed by atoms with van der Waals surface area (Å²) in [5, 5.41) is 120. The van der Waals surface area contributed by atoms with Crippen LogP contribution in [0.15, 0.2) is 60.8 Å². The van der Waals surface area contributed by atoms with Crippen LogP contribution >= 0.6 is 0 Å². The molecule has 12 N–H and O–H groups in total. The maximum atomic E-state index is 13.4. The van der Waals surface area contributed by atoms with E-state index in [1.54, 1.807) is 6.08 Å². The average molecular weight is 1240 g/mol. The summed E-state index contributed by atoms with van der Waals surface area (Å²) in [6, 6.07) is -1.00. The van der Waals surface area contributed by atoms with Crippen molar-refractivity contribution in [2.75, 3.05) is 26.4 Å². The number of hydrogen-bond acceptors (Lipinski definition) is 18. The SMILES string of the molecule is CCCCC/C=C\C/C=C\CCCCCCCCCCCC(=O)NC(COC1OC(CO)C(OC2OC(CO)C(OC3OC(CO)C(O)C(O)C3O)C(O)C2O)C(O)C1O)C(O)/C=C/CC/C=C/CC/C=C/CCCCCCCCCCCCCCC. The van der Waals surface area contributed by atoms with Crippen molar-refractivity contribution < 1.29 is 89.4 Å². The second-order valence-corrected chi connectivity index (χ2v) is 24.3. The van der Waals surface area contributed by atoms with E-state index in [0.717, 1.165) is 64.2 Å². The standard InChI is InChI=1S/C68H121NO18/c1-3-5-7-9-11-13-15-17-19-21-23-24-25-26-28-29-31-33-35-37-39-41-43-45-52(73)51(69-56(74)46-44-42-40-38-36-34-32-30-27-22-20-18-16-14-12-10-8-6-4-2)50-82-66-62(80)59(77)64(54(48-71)84-66)87-68-63(81)60(78)65(55(49-72)85-68)86-67-61(79)58(76)57(75)53(47-70)83-67/h12,14,18,20,28-29,35,37,43,45,51-55,57-68,70-73,75-81H,3-11,13,15-17,19,21-27,30-34,36,38-42,44,46-50H2,1-2H3,(H,69,74)/b14-12-,20-18-,29-28+,37-35+,45-43+. The molecular formula is C68H121NO18. The fourth-order valence-electron chi connectivity index (χ4n) is 11.2. The maximum Gasteiger partial charge on any atom is 0.220 e. The number of carbonyl (C=O) groups excluding carboxylic acids is 1. The van der Waals surface area contributed by atoms with Crippen molar-refractivity contribution in [3.8, 4) is 0 Å². The molecule has 3 heterocycles. The Balaban J connectivity index is 1.48. The minimum Gasteiger partial charge on any atom is -0.394 e. The number of aliphatic hydroxyl groups is 11. The highest BCUT2D eigenvalue weighted by Gasteiger charge is 2.53. The molecule has 3 saturated heterocycles. The molecule has 19 nitrogen and oxygen atoms in total. The number of carbonyl (C=O) groups is 1. The summed E-state index contributed by atoms with van der Waals surface area (Å²) in [4.78, 5) is 13.4. The molecule has 17 unspecified atom stereocenters. The van der Waals surface area contributed by atoms with Crippen LogP contribution in [0.2, 0.25) is 0 Å². The van der Waals surface area contributed by atoms with Gasteiger partial charge in [-0.3, -0.25) is 4.79 Å². The molecule has 3 fully saturated rings. The van der Waals surface area contributed by atoms with E-state index in [1.807, 2.05) is 6.08 Å². The van der Waals surface area contributed by atoms with E-state index in [4.69, 9.17) is 28.4 Å². The highest BCUT2D eigenvalue weighted by molar-refractivity contribution is 5.76. The molecule has 0 aromatic rings. The molecule has 0 aromatic carbocycles. The van der Waals surface area contributed by atoms with Gasteiger partial charge in [-0.05, 0) is 77.0 Å². The van der Waals surface area contributed by atoms with E-state index in [0.29, 0.717) is 12.8 Å². The van der Waals surface area contributed by atoms with Crippen LogP contribution in [0, 0.1) is 0 Å². The van der Waals surface area contributed by atoms with Crippen molar-refractivity contribution in [1.29, 1.82) is 0 Å². The number of rotatable bonds is 51. The summed E-state index contributed by atoms with van der Waals surface area (Å²) < 4.78 is 34.3. The Morgan fingerprint density at radius 3 is 1.24 bits per heavy atom. The summed E-state index contributed by atoms with van der Waals surface area (Å²) in [5.74, 6) is -0.295.